The van der Waals surface area contributed by atoms with Gasteiger partial charge >= 0.3 is 0 Å². The number of rotatable bonds is 7. The summed E-state index contributed by atoms with van der Waals surface area (Å²) >= 11 is 3.58. The summed E-state index contributed by atoms with van der Waals surface area (Å²) in [6.45, 7) is 8.27. The number of aryl methyl sites for hydroxylation is 1. The molecule has 0 saturated heterocycles. The van der Waals surface area contributed by atoms with E-state index in [0.717, 1.165) is 16.9 Å². The van der Waals surface area contributed by atoms with Crippen molar-refractivity contribution in [1.29, 1.82) is 0 Å². The Bertz CT molecular complexity index is 362. The zero-order valence-electron chi connectivity index (χ0n) is 11.7. The molecule has 0 saturated carbocycles. The lowest BCUT2D eigenvalue weighted by atomic mass is 10.0. The number of benzene rings is 1. The van der Waals surface area contributed by atoms with Crippen molar-refractivity contribution in [2.45, 2.75) is 39.7 Å². The average Bonchev–Trinajstić information content (AvgIpc) is 2.38. The molecule has 1 rings (SSSR count). The van der Waals surface area contributed by atoms with Crippen LogP contribution in [0.4, 0.5) is 0 Å². The van der Waals surface area contributed by atoms with Crippen molar-refractivity contribution in [3.63, 3.8) is 0 Å². The van der Waals surface area contributed by atoms with E-state index in [1.165, 1.54) is 24.0 Å². The predicted octanol–water partition coefficient (Wildman–Crippen LogP) is 3.78. The van der Waals surface area contributed by atoms with Gasteiger partial charge in [0.05, 0.1) is 0 Å². The lowest BCUT2D eigenvalue weighted by molar-refractivity contribution is 0.414. The molecule has 1 atom stereocenters. The first-order valence-corrected chi connectivity index (χ1v) is 7.61. The molecule has 0 aromatic heterocycles. The first-order chi connectivity index (χ1) is 8.62. The van der Waals surface area contributed by atoms with Crippen molar-refractivity contribution in [2.75, 3.05) is 13.1 Å². The van der Waals surface area contributed by atoms with Gasteiger partial charge in [0.15, 0.2) is 0 Å². The Balaban J connectivity index is 2.67. The van der Waals surface area contributed by atoms with E-state index >= 15 is 0 Å². The third kappa shape index (κ3) is 4.38. The fraction of sp³-hybridized carbons (Fsp3) is 0.600. The summed E-state index contributed by atoms with van der Waals surface area (Å²) in [4.78, 5) is 0. The number of halogens is 1. The number of hydrogen-bond acceptors (Lipinski definition) is 2. The number of nitrogens with two attached hydrogens (primary N) is 1. The zero-order chi connectivity index (χ0) is 13.5. The number of hydrogen-bond donors (Lipinski definition) is 2. The molecule has 3 N–H and O–H groups in total. The molecule has 102 valence electrons. The lowest BCUT2D eigenvalue weighted by Gasteiger charge is -2.21. The normalized spacial score (nSPS) is 13.0. The fourth-order valence-electron chi connectivity index (χ4n) is 2.05. The Hall–Kier alpha value is -0.380. The molecular formula is C15H25BrN2. The van der Waals surface area contributed by atoms with Crippen LogP contribution in [0.15, 0.2) is 22.7 Å². The topological polar surface area (TPSA) is 38.0 Å². The molecule has 18 heavy (non-hydrogen) atoms. The summed E-state index contributed by atoms with van der Waals surface area (Å²) in [5.74, 6) is 0.743. The quantitative estimate of drug-likeness (QED) is 0.804. The Morgan fingerprint density at radius 2 is 1.94 bits per heavy atom. The van der Waals surface area contributed by atoms with E-state index in [1.807, 2.05) is 0 Å². The van der Waals surface area contributed by atoms with Gasteiger partial charge in [0.2, 0.25) is 0 Å². The molecular weight excluding hydrogens is 288 g/mol. The van der Waals surface area contributed by atoms with Crippen LogP contribution >= 0.6 is 15.9 Å². The zero-order valence-corrected chi connectivity index (χ0v) is 13.3. The minimum atomic E-state index is 0.252. The summed E-state index contributed by atoms with van der Waals surface area (Å²) in [7, 11) is 0. The van der Waals surface area contributed by atoms with Gasteiger partial charge in [-0.1, -0.05) is 54.8 Å². The van der Waals surface area contributed by atoms with Gasteiger partial charge in [-0.05, 0) is 36.6 Å². The minimum absolute atomic E-state index is 0.252. The smallest absolute Gasteiger partial charge is 0.0445 e. The summed E-state index contributed by atoms with van der Waals surface area (Å²) in [6.07, 6.45) is 2.44. The Labute approximate surface area is 119 Å². The second-order valence-electron chi connectivity index (χ2n) is 4.89. The lowest BCUT2D eigenvalue weighted by Crippen LogP contribution is -2.32. The molecule has 0 aliphatic carbocycles. The van der Waals surface area contributed by atoms with Crippen LogP contribution in [0.1, 0.15) is 43.9 Å². The molecule has 0 fully saturated rings. The highest BCUT2D eigenvalue weighted by atomic mass is 79.9. The van der Waals surface area contributed by atoms with E-state index in [0.29, 0.717) is 6.54 Å². The molecule has 0 bridgehead atoms. The van der Waals surface area contributed by atoms with Gasteiger partial charge in [-0.3, -0.25) is 0 Å². The second-order valence-corrected chi connectivity index (χ2v) is 5.74. The molecule has 0 aliphatic heterocycles. The van der Waals surface area contributed by atoms with Crippen molar-refractivity contribution < 1.29 is 0 Å². The van der Waals surface area contributed by atoms with Crippen molar-refractivity contribution in [1.82, 2.24) is 5.32 Å². The van der Waals surface area contributed by atoms with E-state index in [4.69, 9.17) is 5.73 Å². The highest BCUT2D eigenvalue weighted by Gasteiger charge is 2.12. The average molecular weight is 313 g/mol. The van der Waals surface area contributed by atoms with Gasteiger partial charge in [-0.25, -0.2) is 0 Å². The Kier molecular flexibility index (Phi) is 6.90. The summed E-state index contributed by atoms with van der Waals surface area (Å²) in [6, 6.07) is 6.73. The first-order valence-electron chi connectivity index (χ1n) is 6.81. The maximum absolute atomic E-state index is 5.88. The highest BCUT2D eigenvalue weighted by Crippen LogP contribution is 2.22. The van der Waals surface area contributed by atoms with Gasteiger partial charge < -0.3 is 11.1 Å². The SMILES string of the molecule is CCC(CC)CNC(CN)c1ccc(C)c(Br)c1. The molecule has 0 radical (unpaired) electrons. The van der Waals surface area contributed by atoms with Crippen LogP contribution in [0.2, 0.25) is 0 Å². The Morgan fingerprint density at radius 1 is 1.28 bits per heavy atom. The van der Waals surface area contributed by atoms with Crippen LogP contribution in [0.3, 0.4) is 0 Å². The fourth-order valence-corrected chi connectivity index (χ4v) is 2.45. The third-order valence-electron chi connectivity index (χ3n) is 3.64. The molecule has 1 unspecified atom stereocenters. The van der Waals surface area contributed by atoms with Crippen molar-refractivity contribution in [2.24, 2.45) is 11.7 Å². The van der Waals surface area contributed by atoms with Crippen LogP contribution in [0.5, 0.6) is 0 Å². The molecule has 1 aromatic rings. The minimum Gasteiger partial charge on any atom is -0.329 e. The molecule has 0 heterocycles. The highest BCUT2D eigenvalue weighted by molar-refractivity contribution is 9.10. The van der Waals surface area contributed by atoms with Crippen molar-refractivity contribution >= 4 is 15.9 Å². The van der Waals surface area contributed by atoms with E-state index in [1.54, 1.807) is 0 Å². The largest absolute Gasteiger partial charge is 0.329 e. The monoisotopic (exact) mass is 312 g/mol. The summed E-state index contributed by atoms with van der Waals surface area (Å²) < 4.78 is 1.16. The molecule has 0 aliphatic rings. The van der Waals surface area contributed by atoms with Gasteiger partial charge in [0.1, 0.15) is 0 Å². The molecule has 0 spiro atoms. The Morgan fingerprint density at radius 3 is 2.44 bits per heavy atom. The van der Waals surface area contributed by atoms with E-state index in [9.17, 15) is 0 Å². The predicted molar refractivity (Wildman–Crippen MR) is 82.7 cm³/mol. The maximum atomic E-state index is 5.88. The maximum Gasteiger partial charge on any atom is 0.0445 e. The van der Waals surface area contributed by atoms with Gasteiger partial charge in [-0.15, -0.1) is 0 Å². The van der Waals surface area contributed by atoms with Crippen LogP contribution in [-0.2, 0) is 0 Å². The van der Waals surface area contributed by atoms with Gasteiger partial charge in [0.25, 0.3) is 0 Å². The summed E-state index contributed by atoms with van der Waals surface area (Å²) in [5, 5.41) is 3.59. The van der Waals surface area contributed by atoms with Crippen LogP contribution in [0, 0.1) is 12.8 Å². The van der Waals surface area contributed by atoms with E-state index in [-0.39, 0.29) is 6.04 Å². The summed E-state index contributed by atoms with van der Waals surface area (Å²) in [5.41, 5.74) is 8.41. The van der Waals surface area contributed by atoms with Gasteiger partial charge in [0, 0.05) is 17.1 Å². The molecule has 1 aromatic carbocycles. The standard InChI is InChI=1S/C15H25BrN2/c1-4-12(5-2)10-18-15(9-17)13-7-6-11(3)14(16)8-13/h6-8,12,15,18H,4-5,9-10,17H2,1-3H3. The van der Waals surface area contributed by atoms with Crippen molar-refractivity contribution in [3.05, 3.63) is 33.8 Å². The van der Waals surface area contributed by atoms with E-state index < -0.39 is 0 Å². The third-order valence-corrected chi connectivity index (χ3v) is 4.50. The van der Waals surface area contributed by atoms with Crippen LogP contribution in [-0.4, -0.2) is 13.1 Å². The first kappa shape index (κ1) is 15.7. The number of nitrogens with one attached hydrogen (secondary N) is 1. The van der Waals surface area contributed by atoms with Crippen LogP contribution < -0.4 is 11.1 Å². The second kappa shape index (κ2) is 7.93. The van der Waals surface area contributed by atoms with Gasteiger partial charge in [-0.2, -0.15) is 0 Å². The molecule has 3 heteroatoms. The van der Waals surface area contributed by atoms with E-state index in [2.05, 4.69) is 60.2 Å². The van der Waals surface area contributed by atoms with Crippen LogP contribution in [0.25, 0.3) is 0 Å². The molecule has 2 nitrogen and oxygen atoms in total. The van der Waals surface area contributed by atoms with Crippen molar-refractivity contribution in [3.8, 4) is 0 Å². The molecule has 0 amide bonds.